The largest absolute Gasteiger partial charge is 0.469 e. The van der Waals surface area contributed by atoms with Gasteiger partial charge in [0.25, 0.3) is 0 Å². The highest BCUT2D eigenvalue weighted by atomic mass is 31.2. The Balaban J connectivity index is 3.70. The van der Waals surface area contributed by atoms with Crippen molar-refractivity contribution in [2.24, 2.45) is 0 Å². The van der Waals surface area contributed by atoms with Crippen LogP contribution >= 0.6 is 7.82 Å². The molecule has 11 heteroatoms. The van der Waals surface area contributed by atoms with Crippen LogP contribution in [0.15, 0.2) is 0 Å². The predicted molar refractivity (Wildman–Crippen MR) is 171 cm³/mol. The number of carbonyl (C=O) groups excluding carboxylic acids is 2. The highest BCUT2D eigenvalue weighted by Crippen LogP contribution is 2.35. The van der Waals surface area contributed by atoms with Crippen LogP contribution in [0.1, 0.15) is 155 Å². The van der Waals surface area contributed by atoms with Gasteiger partial charge in [-0.05, 0) is 19.3 Å². The first kappa shape index (κ1) is 42.0. The summed E-state index contributed by atoms with van der Waals surface area (Å²) in [6, 6.07) is 0. The zero-order valence-corrected chi connectivity index (χ0v) is 28.3. The summed E-state index contributed by atoms with van der Waals surface area (Å²) in [5.74, 6) is -0.359. The first-order valence-corrected chi connectivity index (χ1v) is 18.6. The predicted octanol–water partition coefficient (Wildman–Crippen LogP) is 7.74. The van der Waals surface area contributed by atoms with E-state index in [9.17, 15) is 14.2 Å². The highest BCUT2D eigenvalue weighted by molar-refractivity contribution is 7.46. The topological polar surface area (TPSA) is 141 Å². The second-order valence-electron chi connectivity index (χ2n) is 11.6. The van der Waals surface area contributed by atoms with Crippen molar-refractivity contribution in [3.8, 4) is 0 Å². The Hall–Kier alpha value is -1.03. The van der Waals surface area contributed by atoms with E-state index in [0.717, 1.165) is 45.1 Å². The van der Waals surface area contributed by atoms with Crippen LogP contribution in [0.2, 0.25) is 0 Å². The Morgan fingerprint density at radius 2 is 1.16 bits per heavy atom. The van der Waals surface area contributed by atoms with Gasteiger partial charge in [0.2, 0.25) is 5.91 Å². The van der Waals surface area contributed by atoms with Gasteiger partial charge in [-0.2, -0.15) is 0 Å². The normalized spacial score (nSPS) is 12.4. The van der Waals surface area contributed by atoms with E-state index < -0.39 is 26.5 Å². The molecule has 256 valence electrons. The molecule has 0 aliphatic rings. The van der Waals surface area contributed by atoms with Crippen LogP contribution in [0.4, 0.5) is 0 Å². The second kappa shape index (κ2) is 31.0. The number of phosphoric ester groups is 1. The van der Waals surface area contributed by atoms with Crippen molar-refractivity contribution in [3.05, 3.63) is 0 Å². The molecular formula is C32H64NO9P. The van der Waals surface area contributed by atoms with E-state index >= 15 is 0 Å². The number of rotatable bonds is 33. The molecular weight excluding hydrogens is 573 g/mol. The molecule has 0 saturated carbocycles. The lowest BCUT2D eigenvalue weighted by atomic mass is 10.0. The molecule has 0 fully saturated rings. The summed E-state index contributed by atoms with van der Waals surface area (Å²) in [6.07, 6.45) is 24.1. The Kier molecular flexibility index (Phi) is 30.2. The standard InChI is InChI=1S/C32H64NO9P/c1-3-4-5-6-7-15-18-21-24-32(35)42-31(28-41-43(36,37)38)27-40-29-39-26-23-20-17-14-12-10-8-9-11-13-16-19-22-25-33-30(2)34/h31H,3-29H2,1-2H3,(H,33,34)(H2,36,37,38)/t31-/m1/s1. The molecule has 10 nitrogen and oxygen atoms in total. The van der Waals surface area contributed by atoms with Gasteiger partial charge in [-0.25, -0.2) is 4.57 Å². The van der Waals surface area contributed by atoms with E-state index in [1.165, 1.54) is 96.3 Å². The van der Waals surface area contributed by atoms with Crippen LogP contribution in [-0.2, 0) is 32.9 Å². The zero-order valence-electron chi connectivity index (χ0n) is 27.4. The number of carbonyl (C=O) groups is 2. The van der Waals surface area contributed by atoms with Gasteiger partial charge in [-0.1, -0.05) is 122 Å². The summed E-state index contributed by atoms with van der Waals surface area (Å²) in [4.78, 5) is 41.0. The van der Waals surface area contributed by atoms with E-state index in [1.807, 2.05) is 0 Å². The fourth-order valence-corrected chi connectivity index (χ4v) is 5.14. The van der Waals surface area contributed by atoms with Crippen LogP contribution in [0, 0.1) is 0 Å². The highest BCUT2D eigenvalue weighted by Gasteiger charge is 2.21. The average molecular weight is 638 g/mol. The number of amides is 1. The van der Waals surface area contributed by atoms with Crippen LogP contribution in [0.5, 0.6) is 0 Å². The molecule has 0 unspecified atom stereocenters. The van der Waals surface area contributed by atoms with E-state index in [4.69, 9.17) is 24.0 Å². The van der Waals surface area contributed by atoms with Crippen molar-refractivity contribution >= 4 is 19.7 Å². The summed E-state index contributed by atoms with van der Waals surface area (Å²) in [5.41, 5.74) is 0. The third kappa shape index (κ3) is 35.3. The van der Waals surface area contributed by atoms with E-state index in [-0.39, 0.29) is 25.7 Å². The second-order valence-corrected chi connectivity index (χ2v) is 12.8. The Labute approximate surface area is 262 Å². The molecule has 0 spiro atoms. The van der Waals surface area contributed by atoms with Gasteiger partial charge >= 0.3 is 13.8 Å². The smallest absolute Gasteiger partial charge is 0.457 e. The van der Waals surface area contributed by atoms with Crippen molar-refractivity contribution in [1.82, 2.24) is 5.32 Å². The summed E-state index contributed by atoms with van der Waals surface area (Å²) >= 11 is 0. The molecule has 0 aromatic heterocycles. The van der Waals surface area contributed by atoms with Gasteiger partial charge < -0.3 is 29.3 Å². The molecule has 0 aromatic carbocycles. The Morgan fingerprint density at radius 3 is 1.67 bits per heavy atom. The van der Waals surface area contributed by atoms with Crippen LogP contribution in [0.25, 0.3) is 0 Å². The van der Waals surface area contributed by atoms with E-state index in [0.29, 0.717) is 6.61 Å². The SMILES string of the molecule is CCCCCCCCCCC(=O)O[C@H](COCOCCCCCCCCCCCCCCCNC(C)=O)COP(=O)(O)O. The molecule has 0 saturated heterocycles. The first-order valence-electron chi connectivity index (χ1n) is 17.0. The third-order valence-corrected chi connectivity index (χ3v) is 7.76. The van der Waals surface area contributed by atoms with Crippen molar-refractivity contribution in [2.45, 2.75) is 161 Å². The maximum atomic E-state index is 12.2. The zero-order chi connectivity index (χ0) is 31.9. The third-order valence-electron chi connectivity index (χ3n) is 7.27. The summed E-state index contributed by atoms with van der Waals surface area (Å²) in [7, 11) is -4.67. The molecule has 1 amide bonds. The van der Waals surface area contributed by atoms with Crippen LogP contribution in [-0.4, -0.2) is 60.9 Å². The van der Waals surface area contributed by atoms with Gasteiger partial charge in [-0.3, -0.25) is 14.1 Å². The van der Waals surface area contributed by atoms with Crippen molar-refractivity contribution in [1.29, 1.82) is 0 Å². The molecule has 0 bridgehead atoms. The molecule has 0 radical (unpaired) electrons. The minimum atomic E-state index is -4.67. The Bertz CT molecular complexity index is 690. The minimum absolute atomic E-state index is 0.0251. The molecule has 0 heterocycles. The van der Waals surface area contributed by atoms with Crippen LogP contribution < -0.4 is 5.32 Å². The van der Waals surface area contributed by atoms with Crippen molar-refractivity contribution in [2.75, 3.05) is 33.2 Å². The molecule has 0 aliphatic carbocycles. The molecule has 0 aromatic rings. The number of hydrogen-bond acceptors (Lipinski definition) is 7. The number of unbranched alkanes of at least 4 members (excludes halogenated alkanes) is 19. The van der Waals surface area contributed by atoms with E-state index in [1.54, 1.807) is 6.92 Å². The summed E-state index contributed by atoms with van der Waals surface area (Å²) in [6.45, 7) is 4.67. The number of esters is 1. The van der Waals surface area contributed by atoms with Gasteiger partial charge in [-0.15, -0.1) is 0 Å². The molecule has 0 rings (SSSR count). The average Bonchev–Trinajstić information content (AvgIpc) is 2.95. The lowest BCUT2D eigenvalue weighted by molar-refractivity contribution is -0.158. The van der Waals surface area contributed by atoms with E-state index in [2.05, 4.69) is 16.8 Å². The fraction of sp³-hybridized carbons (Fsp3) is 0.938. The first-order chi connectivity index (χ1) is 20.7. The maximum Gasteiger partial charge on any atom is 0.469 e. The molecule has 1 atom stereocenters. The Morgan fingerprint density at radius 1 is 0.674 bits per heavy atom. The van der Waals surface area contributed by atoms with Gasteiger partial charge in [0.05, 0.1) is 13.2 Å². The number of nitrogens with one attached hydrogen (secondary N) is 1. The number of ether oxygens (including phenoxy) is 3. The molecule has 0 aliphatic heterocycles. The lowest BCUT2D eigenvalue weighted by Crippen LogP contribution is -2.28. The van der Waals surface area contributed by atoms with Crippen LogP contribution in [0.3, 0.4) is 0 Å². The fourth-order valence-electron chi connectivity index (χ4n) is 4.78. The summed E-state index contributed by atoms with van der Waals surface area (Å²) in [5, 5.41) is 2.84. The van der Waals surface area contributed by atoms with Crippen molar-refractivity contribution in [3.63, 3.8) is 0 Å². The number of phosphoric acid groups is 1. The number of hydrogen-bond donors (Lipinski definition) is 3. The van der Waals surface area contributed by atoms with Gasteiger partial charge in [0.15, 0.2) is 0 Å². The molecule has 43 heavy (non-hydrogen) atoms. The van der Waals surface area contributed by atoms with Gasteiger partial charge in [0, 0.05) is 26.5 Å². The van der Waals surface area contributed by atoms with Crippen molar-refractivity contribution < 1.29 is 42.7 Å². The maximum absolute atomic E-state index is 12.2. The quantitative estimate of drug-likeness (QED) is 0.0285. The minimum Gasteiger partial charge on any atom is -0.457 e. The summed E-state index contributed by atoms with van der Waals surface area (Å²) < 4.78 is 31.9. The molecule has 3 N–H and O–H groups in total. The monoisotopic (exact) mass is 637 g/mol. The van der Waals surface area contributed by atoms with Gasteiger partial charge in [0.1, 0.15) is 12.9 Å². The lowest BCUT2D eigenvalue weighted by Gasteiger charge is -2.18.